The van der Waals surface area contributed by atoms with Crippen molar-refractivity contribution >= 4 is 0 Å². The molecule has 0 radical (unpaired) electrons. The van der Waals surface area contributed by atoms with Crippen LogP contribution >= 0.6 is 0 Å². The van der Waals surface area contributed by atoms with Gasteiger partial charge in [-0.05, 0) is 36.5 Å². The van der Waals surface area contributed by atoms with Crippen LogP contribution in [0.5, 0.6) is 5.75 Å². The van der Waals surface area contributed by atoms with Crippen molar-refractivity contribution in [3.63, 3.8) is 0 Å². The minimum absolute atomic E-state index is 0.431. The van der Waals surface area contributed by atoms with Gasteiger partial charge in [0.05, 0.1) is 12.2 Å². The highest BCUT2D eigenvalue weighted by atomic mass is 16.5. The normalized spacial score (nSPS) is 20.5. The molecular weight excluding hydrogens is 214 g/mol. The van der Waals surface area contributed by atoms with Crippen molar-refractivity contribution in [2.45, 2.75) is 37.8 Å². The van der Waals surface area contributed by atoms with Gasteiger partial charge in [0, 0.05) is 19.5 Å². The van der Waals surface area contributed by atoms with Gasteiger partial charge in [0.25, 0.3) is 0 Å². The first-order valence-corrected chi connectivity index (χ1v) is 6.43. The first-order valence-electron chi connectivity index (χ1n) is 6.43. The highest BCUT2D eigenvalue weighted by Crippen LogP contribution is 2.31. The van der Waals surface area contributed by atoms with E-state index in [-0.39, 0.29) is 0 Å². The quantitative estimate of drug-likeness (QED) is 0.830. The van der Waals surface area contributed by atoms with Crippen LogP contribution in [-0.4, -0.2) is 23.9 Å². The van der Waals surface area contributed by atoms with Gasteiger partial charge in [-0.1, -0.05) is 12.1 Å². The van der Waals surface area contributed by atoms with Crippen molar-refractivity contribution in [2.24, 2.45) is 0 Å². The van der Waals surface area contributed by atoms with E-state index >= 15 is 0 Å². The lowest BCUT2D eigenvalue weighted by atomic mass is 9.80. The van der Waals surface area contributed by atoms with Gasteiger partial charge in [-0.15, -0.1) is 0 Å². The lowest BCUT2D eigenvalue weighted by Crippen LogP contribution is -2.45. The van der Waals surface area contributed by atoms with E-state index in [0.717, 1.165) is 44.6 Å². The molecular formula is C14H19NO2. The molecule has 17 heavy (non-hydrogen) atoms. The van der Waals surface area contributed by atoms with Gasteiger partial charge >= 0.3 is 0 Å². The number of rotatable bonds is 4. The number of hydrogen-bond acceptors (Lipinski definition) is 3. The van der Waals surface area contributed by atoms with Crippen molar-refractivity contribution in [3.8, 4) is 5.75 Å². The highest BCUT2D eigenvalue weighted by molar-refractivity contribution is 5.39. The lowest BCUT2D eigenvalue weighted by molar-refractivity contribution is -0.0314. The average molecular weight is 233 g/mol. The average Bonchev–Trinajstić information content (AvgIpc) is 2.74. The molecule has 1 aromatic rings. The largest absolute Gasteiger partial charge is 0.493 e. The van der Waals surface area contributed by atoms with Gasteiger partial charge in [-0.2, -0.15) is 0 Å². The third kappa shape index (κ3) is 2.31. The summed E-state index contributed by atoms with van der Waals surface area (Å²) in [5.74, 6) is 1.03. The molecule has 1 aromatic carbocycles. The van der Waals surface area contributed by atoms with Gasteiger partial charge in [-0.25, -0.2) is 0 Å². The minimum Gasteiger partial charge on any atom is -0.493 e. The molecule has 3 rings (SSSR count). The SMILES string of the molecule is OC1(CNCc2ccc3c(c2)CCO3)CCC1. The Morgan fingerprint density at radius 1 is 1.35 bits per heavy atom. The molecule has 3 nitrogen and oxygen atoms in total. The summed E-state index contributed by atoms with van der Waals surface area (Å²) in [6.45, 7) is 2.35. The van der Waals surface area contributed by atoms with E-state index < -0.39 is 5.60 Å². The molecule has 3 heteroatoms. The number of nitrogens with one attached hydrogen (secondary N) is 1. The summed E-state index contributed by atoms with van der Waals surface area (Å²) in [5.41, 5.74) is 2.16. The topological polar surface area (TPSA) is 41.5 Å². The zero-order chi connectivity index (χ0) is 11.7. The number of hydrogen-bond donors (Lipinski definition) is 2. The van der Waals surface area contributed by atoms with E-state index in [9.17, 15) is 5.11 Å². The fourth-order valence-electron chi connectivity index (χ4n) is 2.55. The van der Waals surface area contributed by atoms with Crippen LogP contribution in [0.15, 0.2) is 18.2 Å². The molecule has 0 amide bonds. The van der Waals surface area contributed by atoms with Crippen molar-refractivity contribution in [1.29, 1.82) is 0 Å². The Labute approximate surface area is 102 Å². The molecule has 0 atom stereocenters. The molecule has 0 bridgehead atoms. The molecule has 0 spiro atoms. The third-order valence-electron chi connectivity index (χ3n) is 3.82. The second-order valence-corrected chi connectivity index (χ2v) is 5.22. The van der Waals surface area contributed by atoms with Gasteiger partial charge in [0.2, 0.25) is 0 Å². The van der Waals surface area contributed by atoms with E-state index in [0.29, 0.717) is 6.54 Å². The second kappa shape index (κ2) is 4.31. The zero-order valence-corrected chi connectivity index (χ0v) is 10.0. The molecule has 1 aliphatic heterocycles. The van der Waals surface area contributed by atoms with E-state index in [2.05, 4.69) is 23.5 Å². The molecule has 1 heterocycles. The van der Waals surface area contributed by atoms with Crippen molar-refractivity contribution in [2.75, 3.05) is 13.2 Å². The van der Waals surface area contributed by atoms with Crippen LogP contribution < -0.4 is 10.1 Å². The molecule has 1 aliphatic carbocycles. The van der Waals surface area contributed by atoms with Gasteiger partial charge in [0.1, 0.15) is 5.75 Å². The van der Waals surface area contributed by atoms with Crippen LogP contribution in [0, 0.1) is 0 Å². The summed E-state index contributed by atoms with van der Waals surface area (Å²) in [6, 6.07) is 6.36. The highest BCUT2D eigenvalue weighted by Gasteiger charge is 2.33. The van der Waals surface area contributed by atoms with Crippen LogP contribution in [0.25, 0.3) is 0 Å². The Hall–Kier alpha value is -1.06. The van der Waals surface area contributed by atoms with Crippen LogP contribution in [0.3, 0.4) is 0 Å². The Bertz CT molecular complexity index is 413. The minimum atomic E-state index is -0.431. The first kappa shape index (κ1) is 11.1. The van der Waals surface area contributed by atoms with Gasteiger partial charge in [0.15, 0.2) is 0 Å². The molecule has 2 aliphatic rings. The zero-order valence-electron chi connectivity index (χ0n) is 10.0. The Balaban J connectivity index is 1.54. The maximum Gasteiger partial charge on any atom is 0.122 e. The second-order valence-electron chi connectivity index (χ2n) is 5.22. The molecule has 1 fully saturated rings. The molecule has 1 saturated carbocycles. The van der Waals surface area contributed by atoms with Crippen molar-refractivity contribution in [3.05, 3.63) is 29.3 Å². The van der Waals surface area contributed by atoms with Crippen molar-refractivity contribution in [1.82, 2.24) is 5.32 Å². The number of ether oxygens (including phenoxy) is 1. The monoisotopic (exact) mass is 233 g/mol. The summed E-state index contributed by atoms with van der Waals surface area (Å²) < 4.78 is 5.48. The number of fused-ring (bicyclic) bond motifs is 1. The Kier molecular flexibility index (Phi) is 2.81. The Morgan fingerprint density at radius 3 is 3.00 bits per heavy atom. The molecule has 92 valence electrons. The summed E-state index contributed by atoms with van der Waals surface area (Å²) in [4.78, 5) is 0. The summed E-state index contributed by atoms with van der Waals surface area (Å²) in [6.07, 6.45) is 4.07. The predicted molar refractivity (Wildman–Crippen MR) is 66.1 cm³/mol. The fraction of sp³-hybridized carbons (Fsp3) is 0.571. The number of aliphatic hydroxyl groups is 1. The van der Waals surface area contributed by atoms with Gasteiger partial charge < -0.3 is 15.2 Å². The lowest BCUT2D eigenvalue weighted by Gasteiger charge is -2.36. The molecule has 0 unspecified atom stereocenters. The van der Waals surface area contributed by atoms with Crippen LogP contribution in [0.1, 0.15) is 30.4 Å². The first-order chi connectivity index (χ1) is 8.25. The van der Waals surface area contributed by atoms with Crippen LogP contribution in [0.4, 0.5) is 0 Å². The molecule has 0 aromatic heterocycles. The standard InChI is InChI=1S/C14H19NO2/c16-14(5-1-6-14)10-15-9-11-2-3-13-12(8-11)4-7-17-13/h2-3,8,15-16H,1,4-7,9-10H2. The van der Waals surface area contributed by atoms with E-state index in [4.69, 9.17) is 4.74 Å². The van der Waals surface area contributed by atoms with Crippen molar-refractivity contribution < 1.29 is 9.84 Å². The Morgan fingerprint density at radius 2 is 2.24 bits per heavy atom. The molecule has 2 N–H and O–H groups in total. The summed E-state index contributed by atoms with van der Waals surface area (Å²) in [7, 11) is 0. The summed E-state index contributed by atoms with van der Waals surface area (Å²) >= 11 is 0. The summed E-state index contributed by atoms with van der Waals surface area (Å²) in [5, 5.41) is 13.3. The van der Waals surface area contributed by atoms with Gasteiger partial charge in [-0.3, -0.25) is 0 Å². The van der Waals surface area contributed by atoms with Crippen LogP contribution in [-0.2, 0) is 13.0 Å². The van der Waals surface area contributed by atoms with Crippen LogP contribution in [0.2, 0.25) is 0 Å². The number of benzene rings is 1. The predicted octanol–water partition coefficient (Wildman–Crippen LogP) is 1.63. The maximum absolute atomic E-state index is 9.96. The van der Waals surface area contributed by atoms with E-state index in [1.165, 1.54) is 11.1 Å². The fourth-order valence-corrected chi connectivity index (χ4v) is 2.55. The van der Waals surface area contributed by atoms with E-state index in [1.54, 1.807) is 0 Å². The van der Waals surface area contributed by atoms with E-state index in [1.807, 2.05) is 0 Å². The smallest absolute Gasteiger partial charge is 0.122 e. The maximum atomic E-state index is 9.96. The molecule has 0 saturated heterocycles. The third-order valence-corrected chi connectivity index (χ3v) is 3.82.